The average Bonchev–Trinajstić information content (AvgIpc) is 2.04. The van der Waals surface area contributed by atoms with Crippen LogP contribution in [0.1, 0.15) is 52.9 Å². The number of hydrogen-bond donors (Lipinski definition) is 0. The maximum Gasteiger partial charge on any atom is 0.307 e. The first kappa shape index (κ1) is 12.2. The lowest BCUT2D eigenvalue weighted by Crippen LogP contribution is -1.99. The molecule has 0 saturated carbocycles. The molecule has 0 rings (SSSR count). The van der Waals surface area contributed by atoms with Crippen molar-refractivity contribution in [2.75, 3.05) is 0 Å². The number of unbranched alkanes of at least 4 members (excludes halogenated alkanes) is 2. The van der Waals surface area contributed by atoms with Crippen molar-refractivity contribution in [2.24, 2.45) is 0 Å². The predicted octanol–water partition coefficient (Wildman–Crippen LogP) is 3.42. The zero-order valence-corrected chi connectivity index (χ0v) is 8.93. The van der Waals surface area contributed by atoms with Crippen LogP contribution in [0.5, 0.6) is 0 Å². The maximum absolute atomic E-state index is 10.7. The van der Waals surface area contributed by atoms with E-state index in [0.717, 1.165) is 25.0 Å². The Balaban J connectivity index is 3.81. The van der Waals surface area contributed by atoms with Crippen molar-refractivity contribution < 1.29 is 9.53 Å². The van der Waals surface area contributed by atoms with Crippen LogP contribution in [0, 0.1) is 0 Å². The summed E-state index contributed by atoms with van der Waals surface area (Å²) < 4.78 is 5.06. The molecule has 0 amide bonds. The quantitative estimate of drug-likeness (QED) is 0.359. The molecule has 0 aliphatic carbocycles. The molecular formula is C11H20O2. The molecule has 0 heterocycles. The Morgan fingerprint density at radius 2 is 2.00 bits per heavy atom. The summed E-state index contributed by atoms with van der Waals surface area (Å²) in [7, 11) is 0. The molecule has 0 aromatic rings. The molecule has 0 N–H and O–H groups in total. The third kappa shape index (κ3) is 7.57. The Morgan fingerprint density at radius 3 is 2.46 bits per heavy atom. The van der Waals surface area contributed by atoms with E-state index in [1.165, 1.54) is 19.8 Å². The van der Waals surface area contributed by atoms with E-state index >= 15 is 0 Å². The predicted molar refractivity (Wildman–Crippen MR) is 54.3 cm³/mol. The number of hydrogen-bond acceptors (Lipinski definition) is 2. The van der Waals surface area contributed by atoms with E-state index in [0.29, 0.717) is 0 Å². The summed E-state index contributed by atoms with van der Waals surface area (Å²) >= 11 is 0. The van der Waals surface area contributed by atoms with Crippen molar-refractivity contribution in [1.82, 2.24) is 0 Å². The molecule has 0 saturated heterocycles. The highest BCUT2D eigenvalue weighted by Gasteiger charge is 2.00. The van der Waals surface area contributed by atoms with Crippen molar-refractivity contribution >= 4 is 5.97 Å². The van der Waals surface area contributed by atoms with Crippen LogP contribution in [0.4, 0.5) is 0 Å². The second-order valence-electron chi connectivity index (χ2n) is 3.13. The van der Waals surface area contributed by atoms with E-state index in [1.54, 1.807) is 0 Å². The first-order valence-corrected chi connectivity index (χ1v) is 5.08. The minimum atomic E-state index is -0.212. The Morgan fingerprint density at radius 1 is 1.31 bits per heavy atom. The molecule has 0 aromatic heterocycles. The van der Waals surface area contributed by atoms with Crippen LogP contribution in [0.15, 0.2) is 11.8 Å². The van der Waals surface area contributed by atoms with Crippen molar-refractivity contribution in [2.45, 2.75) is 52.9 Å². The van der Waals surface area contributed by atoms with Gasteiger partial charge in [-0.3, -0.25) is 4.79 Å². The maximum atomic E-state index is 10.7. The molecule has 13 heavy (non-hydrogen) atoms. The Bertz CT molecular complexity index is 171. The molecule has 0 spiro atoms. The molecule has 0 aromatic carbocycles. The molecule has 0 aliphatic heterocycles. The highest BCUT2D eigenvalue weighted by atomic mass is 16.5. The van der Waals surface area contributed by atoms with Gasteiger partial charge < -0.3 is 4.74 Å². The van der Waals surface area contributed by atoms with Gasteiger partial charge in [-0.05, 0) is 18.9 Å². The van der Waals surface area contributed by atoms with Crippen LogP contribution in [0.25, 0.3) is 0 Å². The molecule has 2 heteroatoms. The molecule has 0 radical (unpaired) electrons. The van der Waals surface area contributed by atoms with Crippen molar-refractivity contribution in [3.63, 3.8) is 0 Å². The van der Waals surface area contributed by atoms with Gasteiger partial charge in [0.15, 0.2) is 0 Å². The summed E-state index contributed by atoms with van der Waals surface area (Å²) in [6, 6.07) is 0. The molecule has 0 atom stereocenters. The second-order valence-corrected chi connectivity index (χ2v) is 3.13. The van der Waals surface area contributed by atoms with E-state index in [2.05, 4.69) is 6.92 Å². The lowest BCUT2D eigenvalue weighted by molar-refractivity contribution is -0.137. The molecule has 2 nitrogen and oxygen atoms in total. The van der Waals surface area contributed by atoms with Crippen molar-refractivity contribution in [3.8, 4) is 0 Å². The average molecular weight is 184 g/mol. The lowest BCUT2D eigenvalue weighted by Gasteiger charge is -2.05. The van der Waals surface area contributed by atoms with Crippen molar-refractivity contribution in [1.29, 1.82) is 0 Å². The van der Waals surface area contributed by atoms with Crippen LogP contribution < -0.4 is 0 Å². The number of allylic oxidation sites excluding steroid dienone is 2. The second kappa shape index (κ2) is 7.84. The number of ether oxygens (including phenoxy) is 1. The van der Waals surface area contributed by atoms with Crippen molar-refractivity contribution in [3.05, 3.63) is 11.8 Å². The number of rotatable bonds is 6. The number of carbonyl (C=O) groups excluding carboxylic acids is 1. The first-order chi connectivity index (χ1) is 6.20. The van der Waals surface area contributed by atoms with Gasteiger partial charge in [-0.15, -0.1) is 0 Å². The van der Waals surface area contributed by atoms with Gasteiger partial charge in [0.05, 0.1) is 0 Å². The van der Waals surface area contributed by atoms with Crippen LogP contribution in [-0.4, -0.2) is 5.97 Å². The Kier molecular flexibility index (Phi) is 7.36. The van der Waals surface area contributed by atoms with E-state index < -0.39 is 0 Å². The minimum absolute atomic E-state index is 0.212. The summed E-state index contributed by atoms with van der Waals surface area (Å²) in [5.74, 6) is 0.625. The van der Waals surface area contributed by atoms with Gasteiger partial charge in [-0.25, -0.2) is 0 Å². The van der Waals surface area contributed by atoms with Gasteiger partial charge >= 0.3 is 5.97 Å². The Labute approximate surface area is 81.0 Å². The topological polar surface area (TPSA) is 26.3 Å². The molecule has 0 bridgehead atoms. The SMILES string of the molecule is CCC=C(CCCCC)OC(C)=O. The molecule has 76 valence electrons. The third-order valence-corrected chi connectivity index (χ3v) is 1.73. The van der Waals surface area contributed by atoms with E-state index in [4.69, 9.17) is 4.74 Å². The molecule has 0 aliphatic rings. The van der Waals surface area contributed by atoms with Gasteiger partial charge in [-0.1, -0.05) is 26.7 Å². The first-order valence-electron chi connectivity index (χ1n) is 5.08. The smallest absolute Gasteiger partial charge is 0.307 e. The van der Waals surface area contributed by atoms with Gasteiger partial charge in [0.2, 0.25) is 0 Å². The highest BCUT2D eigenvalue weighted by molar-refractivity contribution is 5.67. The van der Waals surface area contributed by atoms with Gasteiger partial charge in [0.1, 0.15) is 5.76 Å². The summed E-state index contributed by atoms with van der Waals surface area (Å²) in [6.45, 7) is 5.65. The Hall–Kier alpha value is -0.790. The van der Waals surface area contributed by atoms with Crippen LogP contribution >= 0.6 is 0 Å². The van der Waals surface area contributed by atoms with E-state index in [-0.39, 0.29) is 5.97 Å². The molecule has 0 fully saturated rings. The molecular weight excluding hydrogens is 164 g/mol. The van der Waals surface area contributed by atoms with Gasteiger partial charge in [0, 0.05) is 13.3 Å². The summed E-state index contributed by atoms with van der Waals surface area (Å²) in [5.41, 5.74) is 0. The fraction of sp³-hybridized carbons (Fsp3) is 0.727. The van der Waals surface area contributed by atoms with Gasteiger partial charge in [0.25, 0.3) is 0 Å². The summed E-state index contributed by atoms with van der Waals surface area (Å²) in [6.07, 6.45) is 7.30. The van der Waals surface area contributed by atoms with E-state index in [1.807, 2.05) is 13.0 Å². The van der Waals surface area contributed by atoms with Crippen LogP contribution in [0.2, 0.25) is 0 Å². The van der Waals surface area contributed by atoms with Crippen LogP contribution in [0.3, 0.4) is 0 Å². The molecule has 0 unspecified atom stereocenters. The monoisotopic (exact) mass is 184 g/mol. The number of esters is 1. The highest BCUT2D eigenvalue weighted by Crippen LogP contribution is 2.11. The van der Waals surface area contributed by atoms with E-state index in [9.17, 15) is 4.79 Å². The fourth-order valence-corrected chi connectivity index (χ4v) is 1.16. The standard InChI is InChI=1S/C11H20O2/c1-4-6-7-9-11(8-5-2)13-10(3)12/h8H,4-7,9H2,1-3H3. The number of carbonyl (C=O) groups is 1. The fourth-order valence-electron chi connectivity index (χ4n) is 1.16. The minimum Gasteiger partial charge on any atom is -0.432 e. The third-order valence-electron chi connectivity index (χ3n) is 1.73. The largest absolute Gasteiger partial charge is 0.432 e. The summed E-state index contributed by atoms with van der Waals surface area (Å²) in [4.78, 5) is 10.7. The zero-order chi connectivity index (χ0) is 10.1. The normalized spacial score (nSPS) is 11.5. The van der Waals surface area contributed by atoms with Crippen LogP contribution in [-0.2, 0) is 9.53 Å². The summed E-state index contributed by atoms with van der Waals surface area (Å²) in [5, 5.41) is 0. The zero-order valence-electron chi connectivity index (χ0n) is 8.93. The lowest BCUT2D eigenvalue weighted by atomic mass is 10.1. The van der Waals surface area contributed by atoms with Gasteiger partial charge in [-0.2, -0.15) is 0 Å².